The minimum Gasteiger partial charge on any atom is -0.391 e. The number of hydrogen-bond acceptors (Lipinski definition) is 6. The second-order valence-electron chi connectivity index (χ2n) is 6.79. The van der Waals surface area contributed by atoms with Crippen molar-refractivity contribution in [2.45, 2.75) is 25.6 Å². The van der Waals surface area contributed by atoms with Crippen LogP contribution in [0.3, 0.4) is 0 Å². The van der Waals surface area contributed by atoms with Gasteiger partial charge in [-0.15, -0.1) is 0 Å². The Hall–Kier alpha value is -3.23. The maximum atomic E-state index is 12.3. The summed E-state index contributed by atoms with van der Waals surface area (Å²) in [5.41, 5.74) is 3.75. The lowest BCUT2D eigenvalue weighted by Gasteiger charge is -2.19. The van der Waals surface area contributed by atoms with Crippen LogP contribution in [-0.4, -0.2) is 48.9 Å². The van der Waals surface area contributed by atoms with E-state index in [0.717, 1.165) is 11.8 Å². The number of carbonyl (C=O) groups is 2. The lowest BCUT2D eigenvalue weighted by molar-refractivity contribution is -0.133. The predicted molar refractivity (Wildman–Crippen MR) is 113 cm³/mol. The van der Waals surface area contributed by atoms with Gasteiger partial charge in [0.25, 0.3) is 11.8 Å². The third kappa shape index (κ3) is 7.84. The lowest BCUT2D eigenvalue weighted by atomic mass is 10.1. The number of hydroxylamine groups is 1. The number of sulfonamides is 1. The first kappa shape index (κ1) is 24.0. The average molecular weight is 445 g/mol. The van der Waals surface area contributed by atoms with Gasteiger partial charge in [-0.25, -0.2) is 18.6 Å². The van der Waals surface area contributed by atoms with E-state index < -0.39 is 34.0 Å². The van der Waals surface area contributed by atoms with Gasteiger partial charge >= 0.3 is 0 Å². The van der Waals surface area contributed by atoms with Crippen LogP contribution in [0.4, 0.5) is 0 Å². The highest BCUT2D eigenvalue weighted by Crippen LogP contribution is 2.07. The van der Waals surface area contributed by atoms with Crippen LogP contribution in [0.25, 0.3) is 0 Å². The monoisotopic (exact) mass is 445 g/mol. The van der Waals surface area contributed by atoms with Gasteiger partial charge in [0.05, 0.1) is 12.4 Å². The minimum atomic E-state index is -3.29. The Labute approximate surface area is 180 Å². The zero-order valence-corrected chi connectivity index (χ0v) is 17.7. The first-order valence-corrected chi connectivity index (χ1v) is 11.1. The molecular weight excluding hydrogens is 422 g/mol. The summed E-state index contributed by atoms with van der Waals surface area (Å²) < 4.78 is 24.8. The third-order valence-corrected chi connectivity index (χ3v) is 4.79. The van der Waals surface area contributed by atoms with Crippen molar-refractivity contribution in [2.75, 3.05) is 6.26 Å². The Kier molecular flexibility index (Phi) is 8.30. The molecule has 2 atom stereocenters. The molecule has 0 aliphatic carbocycles. The average Bonchev–Trinajstić information content (AvgIpc) is 2.74. The van der Waals surface area contributed by atoms with E-state index in [1.54, 1.807) is 36.4 Å². The maximum Gasteiger partial charge on any atom is 0.268 e. The van der Waals surface area contributed by atoms with Gasteiger partial charge in [0.15, 0.2) is 0 Å². The highest BCUT2D eigenvalue weighted by Gasteiger charge is 2.25. The standard InChI is InChI=1S/C21H23N3O6S/c1-14(25)19(21(27)24-28)23-20(26)18-10-8-15(9-11-18)6-7-16-4-3-5-17(12-16)13-22-31(2,29)30/h3-5,8-12,14,19,22,25,28H,13H2,1-2H3,(H,23,26)(H,24,27). The summed E-state index contributed by atoms with van der Waals surface area (Å²) in [4.78, 5) is 23.8. The Morgan fingerprint density at radius 3 is 2.29 bits per heavy atom. The number of aliphatic hydroxyl groups excluding tert-OH is 1. The first-order chi connectivity index (χ1) is 14.6. The van der Waals surface area contributed by atoms with Gasteiger partial charge in [0, 0.05) is 23.2 Å². The number of nitrogens with one attached hydrogen (secondary N) is 3. The van der Waals surface area contributed by atoms with E-state index in [2.05, 4.69) is 21.9 Å². The quantitative estimate of drug-likeness (QED) is 0.233. The van der Waals surface area contributed by atoms with E-state index in [1.165, 1.54) is 24.5 Å². The maximum absolute atomic E-state index is 12.3. The van der Waals surface area contributed by atoms with Crippen LogP contribution >= 0.6 is 0 Å². The van der Waals surface area contributed by atoms with Crippen LogP contribution in [0.15, 0.2) is 48.5 Å². The fraction of sp³-hybridized carbons (Fsp3) is 0.238. The summed E-state index contributed by atoms with van der Waals surface area (Å²) in [6.45, 7) is 1.48. The summed E-state index contributed by atoms with van der Waals surface area (Å²) in [5.74, 6) is 4.40. The molecule has 0 fully saturated rings. The fourth-order valence-corrected chi connectivity index (χ4v) is 2.95. The van der Waals surface area contributed by atoms with Crippen LogP contribution in [0.5, 0.6) is 0 Å². The molecule has 2 aromatic carbocycles. The van der Waals surface area contributed by atoms with Crippen LogP contribution < -0.4 is 15.5 Å². The Balaban J connectivity index is 2.07. The molecule has 0 heterocycles. The Morgan fingerprint density at radius 2 is 1.71 bits per heavy atom. The predicted octanol–water partition coefficient (Wildman–Crippen LogP) is 0.120. The summed E-state index contributed by atoms with van der Waals surface area (Å²) in [6.07, 6.45) is -0.114. The van der Waals surface area contributed by atoms with E-state index in [4.69, 9.17) is 5.21 Å². The molecule has 2 amide bonds. The molecule has 2 rings (SSSR count). The number of aliphatic hydroxyl groups is 1. The van der Waals surface area contributed by atoms with Crippen LogP contribution in [0.2, 0.25) is 0 Å². The van der Waals surface area contributed by atoms with Gasteiger partial charge in [0.2, 0.25) is 10.0 Å². The third-order valence-electron chi connectivity index (χ3n) is 4.13. The smallest absolute Gasteiger partial charge is 0.268 e. The molecule has 0 saturated heterocycles. The lowest BCUT2D eigenvalue weighted by Crippen LogP contribution is -2.51. The van der Waals surface area contributed by atoms with Crippen molar-refractivity contribution >= 4 is 21.8 Å². The SMILES string of the molecule is CC(O)C(NC(=O)c1ccc(C#Cc2cccc(CNS(C)(=O)=O)c2)cc1)C(=O)NO. The Bertz CT molecular complexity index is 1100. The molecule has 0 aliphatic rings. The molecule has 9 nitrogen and oxygen atoms in total. The van der Waals surface area contributed by atoms with Gasteiger partial charge in [-0.1, -0.05) is 24.0 Å². The summed E-state index contributed by atoms with van der Waals surface area (Å²) >= 11 is 0. The van der Waals surface area contributed by atoms with E-state index >= 15 is 0 Å². The second kappa shape index (κ2) is 10.7. The van der Waals surface area contributed by atoms with Gasteiger partial charge in [-0.2, -0.15) is 0 Å². The van der Waals surface area contributed by atoms with E-state index in [9.17, 15) is 23.1 Å². The molecule has 2 aromatic rings. The molecule has 10 heteroatoms. The number of benzene rings is 2. The van der Waals surface area contributed by atoms with Gasteiger partial charge in [-0.3, -0.25) is 14.8 Å². The van der Waals surface area contributed by atoms with E-state index in [-0.39, 0.29) is 12.1 Å². The molecule has 164 valence electrons. The first-order valence-electron chi connectivity index (χ1n) is 9.17. The minimum absolute atomic E-state index is 0.167. The molecule has 0 aromatic heterocycles. The van der Waals surface area contributed by atoms with Crippen molar-refractivity contribution in [3.63, 3.8) is 0 Å². The van der Waals surface area contributed by atoms with Crippen molar-refractivity contribution < 1.29 is 28.3 Å². The van der Waals surface area contributed by atoms with E-state index in [0.29, 0.717) is 11.1 Å². The van der Waals surface area contributed by atoms with Crippen LogP contribution in [-0.2, 0) is 21.4 Å². The summed E-state index contributed by atoms with van der Waals surface area (Å²) in [7, 11) is -3.29. The normalized spacial score (nSPS) is 12.8. The number of rotatable bonds is 7. The number of amides is 2. The zero-order chi connectivity index (χ0) is 23.0. The molecule has 0 spiro atoms. The molecule has 0 bridgehead atoms. The topological polar surface area (TPSA) is 145 Å². The number of hydrogen-bond donors (Lipinski definition) is 5. The van der Waals surface area contributed by atoms with Gasteiger partial charge in [0.1, 0.15) is 6.04 Å². The largest absolute Gasteiger partial charge is 0.391 e. The second-order valence-corrected chi connectivity index (χ2v) is 8.62. The molecule has 0 saturated carbocycles. The summed E-state index contributed by atoms with van der Waals surface area (Å²) in [5, 5.41) is 20.6. The van der Waals surface area contributed by atoms with Crippen molar-refractivity contribution in [1.82, 2.24) is 15.5 Å². The van der Waals surface area contributed by atoms with Crippen molar-refractivity contribution in [1.29, 1.82) is 0 Å². The Morgan fingerprint density at radius 1 is 1.06 bits per heavy atom. The zero-order valence-electron chi connectivity index (χ0n) is 16.9. The van der Waals surface area contributed by atoms with E-state index in [1.807, 2.05) is 0 Å². The molecule has 2 unspecified atom stereocenters. The molecule has 31 heavy (non-hydrogen) atoms. The van der Waals surface area contributed by atoms with Crippen molar-refractivity contribution in [3.05, 3.63) is 70.8 Å². The van der Waals surface area contributed by atoms with Crippen molar-refractivity contribution in [3.8, 4) is 11.8 Å². The highest BCUT2D eigenvalue weighted by molar-refractivity contribution is 7.88. The highest BCUT2D eigenvalue weighted by atomic mass is 32.2. The van der Waals surface area contributed by atoms with Crippen LogP contribution in [0, 0.1) is 11.8 Å². The molecule has 0 aliphatic heterocycles. The molecular formula is C21H23N3O6S. The number of carbonyl (C=O) groups excluding carboxylic acids is 2. The van der Waals surface area contributed by atoms with Crippen molar-refractivity contribution in [2.24, 2.45) is 0 Å². The summed E-state index contributed by atoms with van der Waals surface area (Å²) in [6, 6.07) is 12.1. The molecule has 0 radical (unpaired) electrons. The van der Waals surface area contributed by atoms with Crippen LogP contribution in [0.1, 0.15) is 34.0 Å². The molecule has 5 N–H and O–H groups in total. The van der Waals surface area contributed by atoms with Gasteiger partial charge < -0.3 is 10.4 Å². The fourth-order valence-electron chi connectivity index (χ4n) is 2.52. The van der Waals surface area contributed by atoms with Gasteiger partial charge in [-0.05, 0) is 48.9 Å².